The normalized spacial score (nSPS) is 13.4. The maximum absolute atomic E-state index is 13.0. The van der Waals surface area contributed by atoms with Crippen LogP contribution in [-0.4, -0.2) is 45.4 Å². The molecule has 0 atom stereocenters. The first-order valence-electron chi connectivity index (χ1n) is 9.89. The van der Waals surface area contributed by atoms with E-state index in [9.17, 15) is 14.9 Å². The summed E-state index contributed by atoms with van der Waals surface area (Å²) in [7, 11) is 1.72. The summed E-state index contributed by atoms with van der Waals surface area (Å²) in [5.41, 5.74) is 2.74. The zero-order chi connectivity index (χ0) is 21.1. The highest BCUT2D eigenvalue weighted by Gasteiger charge is 2.22. The number of nitro benzene ring substituents is 1. The molecule has 0 bridgehead atoms. The third-order valence-electron chi connectivity index (χ3n) is 5.39. The van der Waals surface area contributed by atoms with Crippen LogP contribution in [0, 0.1) is 10.1 Å². The Labute approximate surface area is 174 Å². The summed E-state index contributed by atoms with van der Waals surface area (Å²) in [6, 6.07) is 12.6. The van der Waals surface area contributed by atoms with Crippen LogP contribution in [0.15, 0.2) is 61.2 Å². The first-order valence-corrected chi connectivity index (χ1v) is 9.89. The summed E-state index contributed by atoms with van der Waals surface area (Å²) in [6.45, 7) is 2.48. The van der Waals surface area contributed by atoms with Crippen LogP contribution < -0.4 is 4.90 Å². The number of rotatable bonds is 6. The van der Waals surface area contributed by atoms with E-state index < -0.39 is 4.92 Å². The maximum Gasteiger partial charge on any atom is 0.294 e. The summed E-state index contributed by atoms with van der Waals surface area (Å²) in [5, 5.41) is 11.6. The Morgan fingerprint density at radius 1 is 1.17 bits per heavy atom. The van der Waals surface area contributed by atoms with Crippen LogP contribution in [0.25, 0.3) is 5.69 Å². The van der Waals surface area contributed by atoms with Crippen molar-refractivity contribution >= 4 is 17.3 Å². The average molecular weight is 405 g/mol. The molecule has 0 radical (unpaired) electrons. The van der Waals surface area contributed by atoms with Crippen molar-refractivity contribution in [1.29, 1.82) is 0 Å². The zero-order valence-corrected chi connectivity index (χ0v) is 16.8. The number of imidazole rings is 1. The van der Waals surface area contributed by atoms with Gasteiger partial charge in [-0.1, -0.05) is 18.2 Å². The molecule has 8 nitrogen and oxygen atoms in total. The predicted molar refractivity (Wildman–Crippen MR) is 114 cm³/mol. The highest BCUT2D eigenvalue weighted by molar-refractivity contribution is 5.95. The second-order valence-electron chi connectivity index (χ2n) is 7.41. The second kappa shape index (κ2) is 8.36. The predicted octanol–water partition coefficient (Wildman–Crippen LogP) is 3.65. The number of nitro groups is 1. The molecule has 4 rings (SSSR count). The number of amides is 1. The molecule has 0 saturated carbocycles. The van der Waals surface area contributed by atoms with Crippen LogP contribution in [0.5, 0.6) is 0 Å². The van der Waals surface area contributed by atoms with Gasteiger partial charge in [-0.3, -0.25) is 14.9 Å². The van der Waals surface area contributed by atoms with Crippen molar-refractivity contribution in [2.24, 2.45) is 0 Å². The van der Waals surface area contributed by atoms with E-state index in [2.05, 4.69) is 16.0 Å². The maximum atomic E-state index is 13.0. The molecule has 2 heterocycles. The highest BCUT2D eigenvalue weighted by atomic mass is 16.6. The molecule has 0 spiro atoms. The van der Waals surface area contributed by atoms with Gasteiger partial charge in [-0.2, -0.15) is 0 Å². The van der Waals surface area contributed by atoms with Crippen LogP contribution >= 0.6 is 0 Å². The number of aromatic nitrogens is 2. The van der Waals surface area contributed by atoms with Crippen molar-refractivity contribution < 1.29 is 9.72 Å². The van der Waals surface area contributed by atoms with Crippen LogP contribution in [0.3, 0.4) is 0 Å². The van der Waals surface area contributed by atoms with Gasteiger partial charge in [-0.25, -0.2) is 4.98 Å². The molecule has 0 aliphatic carbocycles. The number of para-hydroxylation sites is 1. The summed E-state index contributed by atoms with van der Waals surface area (Å²) in [6.07, 6.45) is 7.02. The minimum Gasteiger partial charge on any atom is -0.371 e. The van der Waals surface area contributed by atoms with Gasteiger partial charge in [0.15, 0.2) is 0 Å². The van der Waals surface area contributed by atoms with Crippen molar-refractivity contribution in [3.63, 3.8) is 0 Å². The molecule has 154 valence electrons. The fourth-order valence-electron chi connectivity index (χ4n) is 3.88. The van der Waals surface area contributed by atoms with Gasteiger partial charge in [-0.05, 0) is 36.6 Å². The zero-order valence-electron chi connectivity index (χ0n) is 16.8. The number of carbonyl (C=O) groups is 1. The molecule has 0 N–H and O–H groups in total. The second-order valence-corrected chi connectivity index (χ2v) is 7.41. The SMILES string of the molecule is CN(Cc1ccccc1N1CCCC1)C(=O)c1ccc(-n2ccnc2)c([N+](=O)[O-])c1. The van der Waals surface area contributed by atoms with E-state index in [1.807, 2.05) is 18.2 Å². The molecule has 0 unspecified atom stereocenters. The number of hydrogen-bond acceptors (Lipinski definition) is 5. The molecule has 2 aromatic carbocycles. The molecule has 1 aliphatic heterocycles. The van der Waals surface area contributed by atoms with E-state index in [4.69, 9.17) is 0 Å². The standard InChI is InChI=1S/C22H23N5O3/c1-24(15-18-6-2-3-7-19(18)25-11-4-5-12-25)22(28)17-8-9-20(21(14-17)27(29)30)26-13-10-23-16-26/h2-3,6-10,13-14,16H,4-5,11-12,15H2,1H3. The fourth-order valence-corrected chi connectivity index (χ4v) is 3.88. The first kappa shape index (κ1) is 19.6. The molecular formula is C22H23N5O3. The van der Waals surface area contributed by atoms with Gasteiger partial charge in [0, 0.05) is 56.4 Å². The van der Waals surface area contributed by atoms with Gasteiger partial charge in [0.25, 0.3) is 11.6 Å². The number of anilines is 1. The molecule has 8 heteroatoms. The average Bonchev–Trinajstić information content (AvgIpc) is 3.47. The third-order valence-corrected chi connectivity index (χ3v) is 5.39. The molecule has 1 fully saturated rings. The number of hydrogen-bond donors (Lipinski definition) is 0. The summed E-state index contributed by atoms with van der Waals surface area (Å²) < 4.78 is 1.56. The monoisotopic (exact) mass is 405 g/mol. The Morgan fingerprint density at radius 2 is 1.93 bits per heavy atom. The third kappa shape index (κ3) is 3.89. The van der Waals surface area contributed by atoms with Crippen molar-refractivity contribution in [1.82, 2.24) is 14.5 Å². The fraction of sp³-hybridized carbons (Fsp3) is 0.273. The lowest BCUT2D eigenvalue weighted by molar-refractivity contribution is -0.384. The Balaban J connectivity index is 1.58. The first-order chi connectivity index (χ1) is 14.5. The molecule has 1 amide bonds. The molecule has 1 saturated heterocycles. The van der Waals surface area contributed by atoms with E-state index in [0.29, 0.717) is 12.2 Å². The smallest absolute Gasteiger partial charge is 0.294 e. The van der Waals surface area contributed by atoms with Gasteiger partial charge in [-0.15, -0.1) is 0 Å². The molecule has 1 aromatic heterocycles. The van der Waals surface area contributed by atoms with Gasteiger partial charge in [0.1, 0.15) is 5.69 Å². The van der Waals surface area contributed by atoms with E-state index in [0.717, 1.165) is 24.3 Å². The van der Waals surface area contributed by atoms with Crippen molar-refractivity contribution in [3.05, 3.63) is 82.4 Å². The van der Waals surface area contributed by atoms with Gasteiger partial charge < -0.3 is 14.4 Å². The van der Waals surface area contributed by atoms with Gasteiger partial charge in [0.2, 0.25) is 0 Å². The van der Waals surface area contributed by atoms with Gasteiger partial charge in [0.05, 0.1) is 11.3 Å². The summed E-state index contributed by atoms with van der Waals surface area (Å²) in [4.78, 5) is 32.0. The lowest BCUT2D eigenvalue weighted by Gasteiger charge is -2.24. The van der Waals surface area contributed by atoms with E-state index in [-0.39, 0.29) is 17.2 Å². The molecule has 1 aliphatic rings. The molecule has 3 aromatic rings. The van der Waals surface area contributed by atoms with E-state index in [1.54, 1.807) is 41.0 Å². The molecule has 30 heavy (non-hydrogen) atoms. The topological polar surface area (TPSA) is 84.5 Å². The van der Waals surface area contributed by atoms with Crippen LogP contribution in [0.4, 0.5) is 11.4 Å². The van der Waals surface area contributed by atoms with Crippen LogP contribution in [0.2, 0.25) is 0 Å². The Morgan fingerprint density at radius 3 is 2.63 bits per heavy atom. The Bertz CT molecular complexity index is 1060. The Hall–Kier alpha value is -3.68. The number of benzene rings is 2. The number of carbonyl (C=O) groups excluding carboxylic acids is 1. The van der Waals surface area contributed by atoms with E-state index >= 15 is 0 Å². The van der Waals surface area contributed by atoms with E-state index in [1.165, 1.54) is 25.2 Å². The summed E-state index contributed by atoms with van der Waals surface area (Å²) >= 11 is 0. The quantitative estimate of drug-likeness (QED) is 0.462. The van der Waals surface area contributed by atoms with Crippen molar-refractivity contribution in [2.45, 2.75) is 19.4 Å². The highest BCUT2D eigenvalue weighted by Crippen LogP contribution is 2.27. The van der Waals surface area contributed by atoms with Crippen LogP contribution in [-0.2, 0) is 6.54 Å². The summed E-state index contributed by atoms with van der Waals surface area (Å²) in [5.74, 6) is -0.258. The lowest BCUT2D eigenvalue weighted by atomic mass is 10.1. The number of nitrogens with zero attached hydrogens (tertiary/aromatic N) is 5. The largest absolute Gasteiger partial charge is 0.371 e. The van der Waals surface area contributed by atoms with Gasteiger partial charge >= 0.3 is 0 Å². The minimum atomic E-state index is -0.477. The van der Waals surface area contributed by atoms with Crippen LogP contribution in [0.1, 0.15) is 28.8 Å². The minimum absolute atomic E-state index is 0.135. The molecular weight excluding hydrogens is 382 g/mol. The lowest BCUT2D eigenvalue weighted by Crippen LogP contribution is -2.28. The Kier molecular flexibility index (Phi) is 5.47. The van der Waals surface area contributed by atoms with Crippen molar-refractivity contribution in [3.8, 4) is 5.69 Å². The van der Waals surface area contributed by atoms with Crippen molar-refractivity contribution in [2.75, 3.05) is 25.0 Å².